The van der Waals surface area contributed by atoms with Crippen LogP contribution in [-0.4, -0.2) is 53.0 Å². The number of para-hydroxylation sites is 2. The van der Waals surface area contributed by atoms with Gasteiger partial charge in [0.25, 0.3) is 11.8 Å². The lowest BCUT2D eigenvalue weighted by molar-refractivity contribution is -0.120. The third-order valence-corrected chi connectivity index (χ3v) is 8.14. The predicted molar refractivity (Wildman–Crippen MR) is 147 cm³/mol. The van der Waals surface area contributed by atoms with E-state index in [4.69, 9.17) is 4.74 Å². The van der Waals surface area contributed by atoms with E-state index in [9.17, 15) is 18.8 Å². The van der Waals surface area contributed by atoms with Gasteiger partial charge in [0, 0.05) is 36.2 Å². The second kappa shape index (κ2) is 9.60. The van der Waals surface area contributed by atoms with Gasteiger partial charge < -0.3 is 15.0 Å². The number of urea groups is 1. The van der Waals surface area contributed by atoms with Crippen LogP contribution in [0.25, 0.3) is 10.9 Å². The van der Waals surface area contributed by atoms with E-state index in [-0.39, 0.29) is 29.1 Å². The van der Waals surface area contributed by atoms with Crippen LogP contribution in [0.2, 0.25) is 0 Å². The fourth-order valence-corrected chi connectivity index (χ4v) is 6.26. The van der Waals surface area contributed by atoms with Crippen molar-refractivity contribution in [2.75, 3.05) is 18.1 Å². The van der Waals surface area contributed by atoms with E-state index in [1.807, 2.05) is 24.3 Å². The molecule has 8 nitrogen and oxygen atoms in total. The van der Waals surface area contributed by atoms with Crippen LogP contribution in [0.3, 0.4) is 0 Å². The smallest absolute Gasteiger partial charge is 0.332 e. The van der Waals surface area contributed by atoms with Crippen LogP contribution in [0.5, 0.6) is 0 Å². The van der Waals surface area contributed by atoms with Crippen LogP contribution in [-0.2, 0) is 16.0 Å². The minimum atomic E-state index is -0.780. The summed E-state index contributed by atoms with van der Waals surface area (Å²) < 4.78 is 19.5. The molecule has 2 N–H and O–H groups in total. The number of aromatic amines is 1. The first-order valence-corrected chi connectivity index (χ1v) is 13.5. The number of ether oxygens (including phenoxy) is 1. The van der Waals surface area contributed by atoms with Crippen molar-refractivity contribution >= 4 is 34.4 Å². The maximum absolute atomic E-state index is 14.2. The molecule has 0 spiro atoms. The highest BCUT2D eigenvalue weighted by Gasteiger charge is 2.53. The van der Waals surface area contributed by atoms with Crippen LogP contribution in [0, 0.1) is 5.82 Å². The molecular formula is C31H27FN4O4. The molecule has 0 saturated carbocycles. The molecule has 4 heterocycles. The van der Waals surface area contributed by atoms with Crippen molar-refractivity contribution in [2.24, 2.45) is 0 Å². The SMILES string of the molecule is O=C(NCC1CCCO1)c1ccccc1N1C(=O)[C@@H]2Cc3c([nH]c4ccccc34)C(c3ccc(F)cc3)N2C1=O. The van der Waals surface area contributed by atoms with E-state index < -0.39 is 24.0 Å². The van der Waals surface area contributed by atoms with Gasteiger partial charge in [-0.15, -0.1) is 0 Å². The molecule has 0 aliphatic carbocycles. The van der Waals surface area contributed by atoms with Gasteiger partial charge in [0.15, 0.2) is 0 Å². The molecule has 3 aromatic carbocycles. The highest BCUT2D eigenvalue weighted by atomic mass is 19.1. The maximum atomic E-state index is 14.2. The fraction of sp³-hybridized carbons (Fsp3) is 0.258. The molecule has 40 heavy (non-hydrogen) atoms. The fourth-order valence-electron chi connectivity index (χ4n) is 6.26. The van der Waals surface area contributed by atoms with E-state index in [1.165, 1.54) is 12.1 Å². The molecule has 3 atom stereocenters. The molecule has 202 valence electrons. The van der Waals surface area contributed by atoms with Crippen molar-refractivity contribution in [1.82, 2.24) is 15.2 Å². The van der Waals surface area contributed by atoms with Crippen LogP contribution < -0.4 is 10.2 Å². The average Bonchev–Trinajstić information content (AvgIpc) is 3.69. The molecular weight excluding hydrogens is 511 g/mol. The molecule has 4 aromatic rings. The van der Waals surface area contributed by atoms with E-state index in [0.717, 1.165) is 39.9 Å². The first kappa shape index (κ1) is 24.5. The Kier molecular flexibility index (Phi) is 5.89. The Bertz CT molecular complexity index is 1640. The molecule has 0 radical (unpaired) electrons. The third kappa shape index (κ3) is 3.88. The molecule has 1 aromatic heterocycles. The summed E-state index contributed by atoms with van der Waals surface area (Å²) in [6, 6.07) is 18.5. The van der Waals surface area contributed by atoms with Crippen molar-refractivity contribution in [1.29, 1.82) is 0 Å². The number of hydrogen-bond acceptors (Lipinski definition) is 4. The van der Waals surface area contributed by atoms with Crippen molar-refractivity contribution in [3.8, 4) is 0 Å². The highest BCUT2D eigenvalue weighted by molar-refractivity contribution is 6.24. The van der Waals surface area contributed by atoms with E-state index in [0.29, 0.717) is 25.1 Å². The van der Waals surface area contributed by atoms with E-state index >= 15 is 0 Å². The minimum absolute atomic E-state index is 0.0413. The number of imide groups is 1. The Labute approximate surface area is 229 Å². The Hall–Kier alpha value is -4.50. The number of halogens is 1. The lowest BCUT2D eigenvalue weighted by Crippen LogP contribution is -2.44. The van der Waals surface area contributed by atoms with Crippen molar-refractivity contribution in [3.05, 3.63) is 101 Å². The Balaban J connectivity index is 1.29. The summed E-state index contributed by atoms with van der Waals surface area (Å²) >= 11 is 0. The van der Waals surface area contributed by atoms with Gasteiger partial charge in [-0.3, -0.25) is 14.5 Å². The number of amides is 4. The number of aromatic nitrogens is 1. The summed E-state index contributed by atoms with van der Waals surface area (Å²) in [6.07, 6.45) is 2.12. The number of fused-ring (bicyclic) bond motifs is 4. The number of carbonyl (C=O) groups excluding carboxylic acids is 3. The monoisotopic (exact) mass is 538 g/mol. The van der Waals surface area contributed by atoms with Gasteiger partial charge in [0.2, 0.25) is 0 Å². The predicted octanol–water partition coefficient (Wildman–Crippen LogP) is 4.70. The summed E-state index contributed by atoms with van der Waals surface area (Å²) in [5.74, 6) is -1.16. The topological polar surface area (TPSA) is 94.7 Å². The van der Waals surface area contributed by atoms with Gasteiger partial charge >= 0.3 is 6.03 Å². The molecule has 2 fully saturated rings. The minimum Gasteiger partial charge on any atom is -0.376 e. The molecule has 0 bridgehead atoms. The number of rotatable bonds is 5. The average molecular weight is 539 g/mol. The lowest BCUT2D eigenvalue weighted by atomic mass is 9.89. The van der Waals surface area contributed by atoms with Gasteiger partial charge in [0.05, 0.1) is 17.4 Å². The summed E-state index contributed by atoms with van der Waals surface area (Å²) in [5.41, 5.74) is 3.83. The van der Waals surface area contributed by atoms with Gasteiger partial charge in [-0.25, -0.2) is 14.1 Å². The quantitative estimate of drug-likeness (QED) is 0.360. The molecule has 7 rings (SSSR count). The largest absolute Gasteiger partial charge is 0.376 e. The zero-order valence-corrected chi connectivity index (χ0v) is 21.6. The number of hydrogen-bond donors (Lipinski definition) is 2. The van der Waals surface area contributed by atoms with Crippen molar-refractivity contribution in [3.63, 3.8) is 0 Å². The van der Waals surface area contributed by atoms with Gasteiger partial charge in [0.1, 0.15) is 17.9 Å². The summed E-state index contributed by atoms with van der Waals surface area (Å²) in [7, 11) is 0. The number of carbonyl (C=O) groups is 3. The highest BCUT2D eigenvalue weighted by Crippen LogP contribution is 2.45. The van der Waals surface area contributed by atoms with Crippen LogP contribution >= 0.6 is 0 Å². The molecule has 4 amide bonds. The molecule has 2 saturated heterocycles. The van der Waals surface area contributed by atoms with Crippen LogP contribution in [0.1, 0.15) is 46.1 Å². The second-order valence-corrected chi connectivity index (χ2v) is 10.5. The summed E-state index contributed by atoms with van der Waals surface area (Å²) in [6.45, 7) is 1.04. The number of nitrogens with zero attached hydrogens (tertiary/aromatic N) is 2. The van der Waals surface area contributed by atoms with Crippen LogP contribution in [0.15, 0.2) is 72.8 Å². The van der Waals surface area contributed by atoms with Crippen molar-refractivity contribution < 1.29 is 23.5 Å². The van der Waals surface area contributed by atoms with E-state index in [2.05, 4.69) is 10.3 Å². The normalized spacial score (nSPS) is 22.1. The van der Waals surface area contributed by atoms with E-state index in [1.54, 1.807) is 41.3 Å². The summed E-state index contributed by atoms with van der Waals surface area (Å²) in [5, 5.41) is 3.88. The van der Waals surface area contributed by atoms with Gasteiger partial charge in [-0.05, 0) is 54.3 Å². The first-order valence-electron chi connectivity index (χ1n) is 13.5. The molecule has 3 aliphatic heterocycles. The number of anilines is 1. The Morgan fingerprint density at radius 1 is 1.02 bits per heavy atom. The number of benzene rings is 3. The molecule has 3 aliphatic rings. The maximum Gasteiger partial charge on any atom is 0.332 e. The van der Waals surface area contributed by atoms with Crippen LogP contribution in [0.4, 0.5) is 14.9 Å². The lowest BCUT2D eigenvalue weighted by Gasteiger charge is -2.36. The van der Waals surface area contributed by atoms with Gasteiger partial charge in [-0.2, -0.15) is 0 Å². The van der Waals surface area contributed by atoms with Crippen molar-refractivity contribution in [2.45, 2.75) is 37.5 Å². The van der Waals surface area contributed by atoms with Gasteiger partial charge in [-0.1, -0.05) is 42.5 Å². The molecule has 2 unspecified atom stereocenters. The molecule has 9 heteroatoms. The Morgan fingerprint density at radius 2 is 1.80 bits per heavy atom. The first-order chi connectivity index (χ1) is 19.5. The zero-order chi connectivity index (χ0) is 27.4. The standard InChI is InChI=1S/C31H27FN4O4/c32-19-13-11-18(12-14-19)28-27-23(21-7-1-3-9-24(21)34-27)16-26-30(38)36(31(39)35(26)28)25-10-4-2-8-22(25)29(37)33-17-20-6-5-15-40-20/h1-4,7-14,20,26,28,34H,5-6,15-17H2,(H,33,37)/t20?,26-,28?/m0/s1. The second-order valence-electron chi connectivity index (χ2n) is 10.5. The third-order valence-electron chi connectivity index (χ3n) is 8.14. The number of nitrogens with one attached hydrogen (secondary N) is 2. The Morgan fingerprint density at radius 3 is 2.60 bits per heavy atom. The zero-order valence-electron chi connectivity index (χ0n) is 21.6. The summed E-state index contributed by atoms with van der Waals surface area (Å²) in [4.78, 5) is 47.6. The number of H-pyrrole nitrogens is 1.